The normalized spacial score (nSPS) is 11.7. The van der Waals surface area contributed by atoms with Gasteiger partial charge in [0.1, 0.15) is 22.6 Å². The van der Waals surface area contributed by atoms with Crippen LogP contribution in [0.3, 0.4) is 0 Å². The lowest BCUT2D eigenvalue weighted by atomic mass is 10.1. The molecule has 6 heterocycles. The van der Waals surface area contributed by atoms with E-state index in [-0.39, 0.29) is 58.9 Å². The largest absolute Gasteiger partial charge is 0.438 e. The number of para-hydroxylation sites is 4. The van der Waals surface area contributed by atoms with Crippen LogP contribution in [0.5, 0.6) is 23.3 Å². The first-order valence-corrected chi connectivity index (χ1v) is 23.0. The summed E-state index contributed by atoms with van der Waals surface area (Å²) in [7, 11) is 0. The van der Waals surface area contributed by atoms with E-state index < -0.39 is 0 Å². The van der Waals surface area contributed by atoms with Gasteiger partial charge in [0.25, 0.3) is 11.8 Å². The standard InChI is InChI=1S/2C28H23N5O3/c2*1-18(17-20-7-4-5-15-29-20)31-27(35)22-8-6-16-30-28(22)36-21-13-11-19(12-14-21)25(34)26-32-23-9-2-3-10-24(23)33-26/h2*2-16,18H,17H2,1H3,(H,31,35)(H,32,33)/t18-;/m0./s1. The number of nitrogens with zero attached hydrogens (tertiary/aromatic N) is 6. The van der Waals surface area contributed by atoms with E-state index in [1.807, 2.05) is 98.8 Å². The molecule has 4 N–H and O–H groups in total. The number of nitrogens with one attached hydrogen (secondary N) is 4. The predicted octanol–water partition coefficient (Wildman–Crippen LogP) is 9.47. The second-order valence-corrected chi connectivity index (χ2v) is 16.6. The minimum Gasteiger partial charge on any atom is -0.438 e. The molecular formula is C56H46N10O6. The first-order valence-electron chi connectivity index (χ1n) is 23.0. The van der Waals surface area contributed by atoms with Gasteiger partial charge in [-0.15, -0.1) is 0 Å². The second-order valence-electron chi connectivity index (χ2n) is 16.6. The van der Waals surface area contributed by atoms with Crippen LogP contribution in [-0.2, 0) is 12.8 Å². The lowest BCUT2D eigenvalue weighted by Crippen LogP contribution is -2.34. The highest BCUT2D eigenvalue weighted by atomic mass is 16.5. The van der Waals surface area contributed by atoms with Gasteiger partial charge in [-0.3, -0.25) is 29.1 Å². The van der Waals surface area contributed by atoms with E-state index in [0.717, 1.165) is 33.5 Å². The molecule has 0 aliphatic carbocycles. The Kier molecular flexibility index (Phi) is 14.6. The molecule has 0 bridgehead atoms. The molecule has 2 amide bonds. The number of fused-ring (bicyclic) bond motifs is 2. The summed E-state index contributed by atoms with van der Waals surface area (Å²) in [4.78, 5) is 83.5. The fourth-order valence-electron chi connectivity index (χ4n) is 7.63. The first kappa shape index (κ1) is 47.4. The monoisotopic (exact) mass is 954 g/mol. The summed E-state index contributed by atoms with van der Waals surface area (Å²) in [5.41, 5.74) is 6.41. The van der Waals surface area contributed by atoms with Gasteiger partial charge in [0, 0.05) is 72.2 Å². The highest BCUT2D eigenvalue weighted by molar-refractivity contribution is 6.08. The van der Waals surface area contributed by atoms with Crippen LogP contribution < -0.4 is 20.1 Å². The summed E-state index contributed by atoms with van der Waals surface area (Å²) in [5.74, 6) is 0.761. The van der Waals surface area contributed by atoms with E-state index in [4.69, 9.17) is 9.47 Å². The average Bonchev–Trinajstić information content (AvgIpc) is 4.05. The Labute approximate surface area is 413 Å². The van der Waals surface area contributed by atoms with Crippen LogP contribution in [0.25, 0.3) is 22.1 Å². The van der Waals surface area contributed by atoms with Crippen molar-refractivity contribution < 1.29 is 28.7 Å². The Hall–Kier alpha value is -9.70. The molecule has 4 aromatic carbocycles. The van der Waals surface area contributed by atoms with Crippen LogP contribution >= 0.6 is 0 Å². The summed E-state index contributed by atoms with van der Waals surface area (Å²) < 4.78 is 11.8. The number of imidazole rings is 2. The third-order valence-electron chi connectivity index (χ3n) is 11.1. The molecule has 10 rings (SSSR count). The number of hydrogen-bond donors (Lipinski definition) is 4. The van der Waals surface area contributed by atoms with Crippen LogP contribution in [0.4, 0.5) is 0 Å². The Morgan fingerprint density at radius 3 is 1.24 bits per heavy atom. The van der Waals surface area contributed by atoms with Crippen molar-refractivity contribution in [2.75, 3.05) is 0 Å². The molecule has 0 spiro atoms. The SMILES string of the molecule is CC(Cc1ccccn1)NC(=O)c1cccnc1Oc1ccc(C(=O)c2nc3ccccc3[nH]2)cc1.C[C@@H](Cc1ccccn1)NC(=O)c1cccnc1Oc1ccc(C(=O)c2nc3ccccc3[nH]2)cc1. The molecule has 16 heteroatoms. The molecule has 0 radical (unpaired) electrons. The number of H-pyrrole nitrogens is 2. The van der Waals surface area contributed by atoms with Gasteiger partial charge in [-0.1, -0.05) is 36.4 Å². The topological polar surface area (TPSA) is 220 Å². The van der Waals surface area contributed by atoms with Gasteiger partial charge >= 0.3 is 0 Å². The molecule has 0 aliphatic heterocycles. The van der Waals surface area contributed by atoms with E-state index in [9.17, 15) is 19.2 Å². The summed E-state index contributed by atoms with van der Waals surface area (Å²) in [6, 6.07) is 46.0. The summed E-state index contributed by atoms with van der Waals surface area (Å²) >= 11 is 0. The molecule has 2 atom stereocenters. The quantitative estimate of drug-likeness (QED) is 0.0666. The fraction of sp³-hybridized carbons (Fsp3) is 0.107. The van der Waals surface area contributed by atoms with Crippen molar-refractivity contribution in [1.82, 2.24) is 50.5 Å². The maximum atomic E-state index is 12.9. The summed E-state index contributed by atoms with van der Waals surface area (Å²) in [6.45, 7) is 3.84. The van der Waals surface area contributed by atoms with Gasteiger partial charge in [0.05, 0.1) is 22.1 Å². The number of carbonyl (C=O) groups excluding carboxylic acids is 4. The van der Waals surface area contributed by atoms with E-state index >= 15 is 0 Å². The van der Waals surface area contributed by atoms with Crippen molar-refractivity contribution in [2.24, 2.45) is 0 Å². The van der Waals surface area contributed by atoms with Gasteiger partial charge in [-0.2, -0.15) is 0 Å². The minimum absolute atomic E-state index is 0.135. The molecule has 0 saturated heterocycles. The Morgan fingerprint density at radius 2 is 0.847 bits per heavy atom. The van der Waals surface area contributed by atoms with Crippen molar-refractivity contribution in [2.45, 2.75) is 38.8 Å². The van der Waals surface area contributed by atoms with Crippen LogP contribution in [0, 0.1) is 0 Å². The van der Waals surface area contributed by atoms with E-state index in [1.54, 1.807) is 97.6 Å². The van der Waals surface area contributed by atoms with Crippen LogP contribution in [-0.4, -0.2) is 75.3 Å². The number of carbonyl (C=O) groups is 4. The number of aromatic amines is 2. The second kappa shape index (κ2) is 22.2. The van der Waals surface area contributed by atoms with Crippen LogP contribution in [0.15, 0.2) is 183 Å². The van der Waals surface area contributed by atoms with Crippen molar-refractivity contribution in [3.8, 4) is 23.3 Å². The smallest absolute Gasteiger partial charge is 0.257 e. The average molecular weight is 955 g/mol. The van der Waals surface area contributed by atoms with Crippen LogP contribution in [0.2, 0.25) is 0 Å². The van der Waals surface area contributed by atoms with Crippen LogP contribution in [0.1, 0.15) is 78.3 Å². The predicted molar refractivity (Wildman–Crippen MR) is 270 cm³/mol. The van der Waals surface area contributed by atoms with Gasteiger partial charge < -0.3 is 30.1 Å². The Morgan fingerprint density at radius 1 is 0.458 bits per heavy atom. The zero-order chi connectivity index (χ0) is 49.8. The molecule has 72 heavy (non-hydrogen) atoms. The molecule has 10 aromatic rings. The molecular weight excluding hydrogens is 909 g/mol. The number of aromatic nitrogens is 8. The van der Waals surface area contributed by atoms with Gasteiger partial charge in [-0.25, -0.2) is 19.9 Å². The lowest BCUT2D eigenvalue weighted by molar-refractivity contribution is 0.0928. The zero-order valence-corrected chi connectivity index (χ0v) is 39.0. The molecule has 6 aromatic heterocycles. The molecule has 16 nitrogen and oxygen atoms in total. The maximum Gasteiger partial charge on any atom is 0.257 e. The van der Waals surface area contributed by atoms with Crippen molar-refractivity contribution in [1.29, 1.82) is 0 Å². The number of ether oxygens (including phenoxy) is 2. The maximum absolute atomic E-state index is 12.9. The number of ketones is 2. The first-order chi connectivity index (χ1) is 35.1. The molecule has 0 fully saturated rings. The summed E-state index contributed by atoms with van der Waals surface area (Å²) in [6.07, 6.45) is 7.78. The Bertz CT molecular complexity index is 3190. The zero-order valence-electron chi connectivity index (χ0n) is 39.0. The highest BCUT2D eigenvalue weighted by Gasteiger charge is 2.20. The molecule has 0 aliphatic rings. The van der Waals surface area contributed by atoms with E-state index in [0.29, 0.717) is 46.6 Å². The molecule has 1 unspecified atom stereocenters. The summed E-state index contributed by atoms with van der Waals surface area (Å²) in [5, 5.41) is 5.94. The highest BCUT2D eigenvalue weighted by Crippen LogP contribution is 2.26. The number of benzene rings is 4. The molecule has 356 valence electrons. The minimum atomic E-state index is -0.293. The third kappa shape index (κ3) is 11.8. The van der Waals surface area contributed by atoms with Crippen molar-refractivity contribution in [3.05, 3.63) is 228 Å². The lowest BCUT2D eigenvalue weighted by Gasteiger charge is -2.15. The number of hydrogen-bond acceptors (Lipinski definition) is 12. The van der Waals surface area contributed by atoms with Gasteiger partial charge in [0.2, 0.25) is 23.3 Å². The number of pyridine rings is 4. The number of rotatable bonds is 16. The third-order valence-corrected chi connectivity index (χ3v) is 11.1. The number of amides is 2. The van der Waals surface area contributed by atoms with Crippen molar-refractivity contribution in [3.63, 3.8) is 0 Å². The van der Waals surface area contributed by atoms with Gasteiger partial charge in [-0.05, 0) is 135 Å². The Balaban J connectivity index is 0.000000178. The van der Waals surface area contributed by atoms with E-state index in [1.165, 1.54) is 0 Å². The fourth-order valence-corrected chi connectivity index (χ4v) is 7.63. The van der Waals surface area contributed by atoms with Crippen molar-refractivity contribution >= 4 is 45.4 Å². The van der Waals surface area contributed by atoms with Gasteiger partial charge in [0.15, 0.2) is 11.6 Å². The molecule has 0 saturated carbocycles. The van der Waals surface area contributed by atoms with E-state index in [2.05, 4.69) is 50.5 Å².